The zero-order chi connectivity index (χ0) is 15.0. The third-order valence-corrected chi connectivity index (χ3v) is 2.92. The van der Waals surface area contributed by atoms with Gasteiger partial charge in [0.2, 0.25) is 0 Å². The normalized spacial score (nSPS) is 11.7. The number of aliphatic carboxylic acids is 1. The number of hydrogen-bond acceptors (Lipinski definition) is 3. The van der Waals surface area contributed by atoms with Crippen molar-refractivity contribution in [2.24, 2.45) is 0 Å². The molecule has 20 heavy (non-hydrogen) atoms. The summed E-state index contributed by atoms with van der Waals surface area (Å²) in [6, 6.07) is 4.27. The van der Waals surface area contributed by atoms with E-state index in [1.165, 1.54) is 4.90 Å². The summed E-state index contributed by atoms with van der Waals surface area (Å²) in [5.41, 5.74) is 0.770. The largest absolute Gasteiger partial charge is 0.480 e. The minimum absolute atomic E-state index is 0.363. The van der Waals surface area contributed by atoms with Crippen LogP contribution in [0.1, 0.15) is 32.4 Å². The number of amides is 2. The maximum atomic E-state index is 12.1. The van der Waals surface area contributed by atoms with E-state index in [4.69, 9.17) is 5.11 Å². The van der Waals surface area contributed by atoms with E-state index in [1.807, 2.05) is 32.0 Å². The second-order valence-corrected chi connectivity index (χ2v) is 4.46. The van der Waals surface area contributed by atoms with Crippen LogP contribution in [0.15, 0.2) is 24.4 Å². The van der Waals surface area contributed by atoms with Gasteiger partial charge in [-0.3, -0.25) is 4.98 Å². The molecule has 0 aliphatic rings. The summed E-state index contributed by atoms with van der Waals surface area (Å²) in [5.74, 6) is -1.01. The lowest BCUT2D eigenvalue weighted by atomic mass is 10.2. The maximum absolute atomic E-state index is 12.1. The van der Waals surface area contributed by atoms with E-state index in [2.05, 4.69) is 10.3 Å². The van der Waals surface area contributed by atoms with Crippen LogP contribution in [0.5, 0.6) is 0 Å². The molecule has 2 N–H and O–H groups in total. The van der Waals surface area contributed by atoms with Crippen molar-refractivity contribution in [1.82, 2.24) is 15.2 Å². The van der Waals surface area contributed by atoms with Gasteiger partial charge in [-0.05, 0) is 25.5 Å². The van der Waals surface area contributed by atoms with E-state index in [1.54, 1.807) is 6.20 Å². The number of carboxylic acid groups (broad SMARTS) is 1. The summed E-state index contributed by atoms with van der Waals surface area (Å²) in [4.78, 5) is 28.8. The fraction of sp³-hybridized carbons (Fsp3) is 0.500. The smallest absolute Gasteiger partial charge is 0.326 e. The number of pyridine rings is 1. The van der Waals surface area contributed by atoms with Gasteiger partial charge in [0.15, 0.2) is 0 Å². The van der Waals surface area contributed by atoms with Gasteiger partial charge in [-0.15, -0.1) is 0 Å². The first-order valence-corrected chi connectivity index (χ1v) is 6.76. The molecule has 110 valence electrons. The number of rotatable bonds is 7. The van der Waals surface area contributed by atoms with Gasteiger partial charge in [-0.1, -0.05) is 19.4 Å². The molecule has 1 aromatic heterocycles. The van der Waals surface area contributed by atoms with Crippen molar-refractivity contribution in [1.29, 1.82) is 0 Å². The molecule has 6 nitrogen and oxygen atoms in total. The van der Waals surface area contributed by atoms with Gasteiger partial charge in [-0.25, -0.2) is 9.59 Å². The average Bonchev–Trinajstić information content (AvgIpc) is 2.45. The Hall–Kier alpha value is -2.11. The lowest BCUT2D eigenvalue weighted by molar-refractivity contribution is -0.139. The van der Waals surface area contributed by atoms with Gasteiger partial charge in [-0.2, -0.15) is 0 Å². The van der Waals surface area contributed by atoms with Crippen LogP contribution in [0.2, 0.25) is 0 Å². The number of urea groups is 1. The third kappa shape index (κ3) is 4.87. The highest BCUT2D eigenvalue weighted by molar-refractivity contribution is 5.82. The van der Waals surface area contributed by atoms with Gasteiger partial charge >= 0.3 is 12.0 Å². The fourth-order valence-corrected chi connectivity index (χ4v) is 1.80. The summed E-state index contributed by atoms with van der Waals surface area (Å²) in [5, 5.41) is 11.6. The number of aromatic nitrogens is 1. The molecule has 0 aromatic carbocycles. The van der Waals surface area contributed by atoms with Gasteiger partial charge < -0.3 is 15.3 Å². The molecule has 6 heteroatoms. The van der Waals surface area contributed by atoms with Crippen LogP contribution in [-0.2, 0) is 11.3 Å². The molecule has 0 saturated carbocycles. The molecular formula is C14H21N3O3. The highest BCUT2D eigenvalue weighted by atomic mass is 16.4. The van der Waals surface area contributed by atoms with Gasteiger partial charge in [0.1, 0.15) is 6.04 Å². The van der Waals surface area contributed by atoms with E-state index >= 15 is 0 Å². The number of carboxylic acids is 1. The van der Waals surface area contributed by atoms with Crippen molar-refractivity contribution in [2.45, 2.75) is 39.3 Å². The Kier molecular flexibility index (Phi) is 6.49. The monoisotopic (exact) mass is 279 g/mol. The molecule has 0 bridgehead atoms. The van der Waals surface area contributed by atoms with Crippen molar-refractivity contribution < 1.29 is 14.7 Å². The summed E-state index contributed by atoms with van der Waals surface area (Å²) in [7, 11) is 0. The molecule has 2 amide bonds. The second-order valence-electron chi connectivity index (χ2n) is 4.46. The molecule has 0 fully saturated rings. The quantitative estimate of drug-likeness (QED) is 0.798. The number of carbonyl (C=O) groups is 2. The highest BCUT2D eigenvalue weighted by Gasteiger charge is 2.21. The standard InChI is InChI=1S/C14H21N3O3/c1-3-7-12(13(18)19)16-14(20)17(4-2)10-11-8-5-6-9-15-11/h5-6,8-9,12H,3-4,7,10H2,1-2H3,(H,16,20)(H,18,19)/t12-/m0/s1. The molecule has 1 atom stereocenters. The SMILES string of the molecule is CCC[C@H](NC(=O)N(CC)Cc1ccccn1)C(=O)O. The molecule has 1 rings (SSSR count). The van der Waals surface area contributed by atoms with E-state index in [0.29, 0.717) is 25.9 Å². The van der Waals surface area contributed by atoms with Gasteiger partial charge in [0.25, 0.3) is 0 Å². The highest BCUT2D eigenvalue weighted by Crippen LogP contribution is 2.03. The average molecular weight is 279 g/mol. The number of nitrogens with zero attached hydrogens (tertiary/aromatic N) is 2. The van der Waals surface area contributed by atoms with Crippen molar-refractivity contribution in [3.63, 3.8) is 0 Å². The Morgan fingerprint density at radius 1 is 1.40 bits per heavy atom. The van der Waals surface area contributed by atoms with E-state index in [9.17, 15) is 9.59 Å². The van der Waals surface area contributed by atoms with E-state index < -0.39 is 12.0 Å². The molecule has 0 aliphatic carbocycles. The third-order valence-electron chi connectivity index (χ3n) is 2.92. The Labute approximate surface area is 118 Å². The lowest BCUT2D eigenvalue weighted by Gasteiger charge is -2.23. The Morgan fingerprint density at radius 3 is 2.65 bits per heavy atom. The molecule has 0 unspecified atom stereocenters. The molecule has 0 radical (unpaired) electrons. The first-order valence-electron chi connectivity index (χ1n) is 6.76. The number of carbonyl (C=O) groups excluding carboxylic acids is 1. The summed E-state index contributed by atoms with van der Waals surface area (Å²) < 4.78 is 0. The molecule has 1 heterocycles. The Balaban J connectivity index is 2.64. The zero-order valence-corrected chi connectivity index (χ0v) is 11.9. The maximum Gasteiger partial charge on any atom is 0.326 e. The summed E-state index contributed by atoms with van der Waals surface area (Å²) >= 11 is 0. The number of nitrogens with one attached hydrogen (secondary N) is 1. The molecular weight excluding hydrogens is 258 g/mol. The minimum Gasteiger partial charge on any atom is -0.480 e. The minimum atomic E-state index is -1.01. The van der Waals surface area contributed by atoms with Crippen LogP contribution in [0.4, 0.5) is 4.79 Å². The Bertz CT molecular complexity index is 437. The first kappa shape index (κ1) is 15.9. The fourth-order valence-electron chi connectivity index (χ4n) is 1.80. The first-order chi connectivity index (χ1) is 9.58. The summed E-state index contributed by atoms with van der Waals surface area (Å²) in [6.45, 7) is 4.58. The van der Waals surface area contributed by atoms with Crippen LogP contribution in [0, 0.1) is 0 Å². The van der Waals surface area contributed by atoms with Crippen molar-refractivity contribution in [3.8, 4) is 0 Å². The zero-order valence-electron chi connectivity index (χ0n) is 11.9. The van der Waals surface area contributed by atoms with Crippen LogP contribution in [0.3, 0.4) is 0 Å². The van der Waals surface area contributed by atoms with Crippen molar-refractivity contribution in [3.05, 3.63) is 30.1 Å². The molecule has 0 saturated heterocycles. The topological polar surface area (TPSA) is 82.5 Å². The van der Waals surface area contributed by atoms with Gasteiger partial charge in [0, 0.05) is 12.7 Å². The van der Waals surface area contributed by atoms with Crippen LogP contribution < -0.4 is 5.32 Å². The predicted octanol–water partition coefficient (Wildman–Crippen LogP) is 1.87. The molecule has 1 aromatic rings. The van der Waals surface area contributed by atoms with Crippen LogP contribution >= 0.6 is 0 Å². The van der Waals surface area contributed by atoms with E-state index in [0.717, 1.165) is 5.69 Å². The van der Waals surface area contributed by atoms with E-state index in [-0.39, 0.29) is 6.03 Å². The molecule has 0 spiro atoms. The Morgan fingerprint density at radius 2 is 2.15 bits per heavy atom. The van der Waals surface area contributed by atoms with Crippen LogP contribution in [-0.4, -0.2) is 39.6 Å². The van der Waals surface area contributed by atoms with Gasteiger partial charge in [0.05, 0.1) is 12.2 Å². The predicted molar refractivity (Wildman–Crippen MR) is 75.2 cm³/mol. The van der Waals surface area contributed by atoms with Crippen molar-refractivity contribution >= 4 is 12.0 Å². The second kappa shape index (κ2) is 8.14. The molecule has 0 aliphatic heterocycles. The van der Waals surface area contributed by atoms with Crippen LogP contribution in [0.25, 0.3) is 0 Å². The lowest BCUT2D eigenvalue weighted by Crippen LogP contribution is -2.47. The summed E-state index contributed by atoms with van der Waals surface area (Å²) in [6.07, 6.45) is 2.78. The van der Waals surface area contributed by atoms with Crippen molar-refractivity contribution in [2.75, 3.05) is 6.54 Å². The number of hydrogen-bond donors (Lipinski definition) is 2.